The summed E-state index contributed by atoms with van der Waals surface area (Å²) in [5.41, 5.74) is 5.80. The van der Waals surface area contributed by atoms with Gasteiger partial charge in [0.25, 0.3) is 5.91 Å². The van der Waals surface area contributed by atoms with Crippen LogP contribution in [0, 0.1) is 12.7 Å². The number of carbonyl (C=O) groups excluding carboxylic acids is 1. The SMILES string of the molecule is COc1cnc2c(-c3nc4cc(F)c5c(c4s3)C[C@H](CN(C(=O)O)c3ccc4c(c3)C(=O)NC4)O5)cc(C)cc2n1. The highest BCUT2D eigenvalue weighted by molar-refractivity contribution is 7.22. The van der Waals surface area contributed by atoms with Crippen molar-refractivity contribution in [3.63, 3.8) is 0 Å². The molecule has 10 nitrogen and oxygen atoms in total. The van der Waals surface area contributed by atoms with Gasteiger partial charge >= 0.3 is 6.09 Å². The molecular formula is C29H22FN5O5S. The van der Waals surface area contributed by atoms with Crippen molar-refractivity contribution in [2.45, 2.75) is 26.0 Å². The van der Waals surface area contributed by atoms with Gasteiger partial charge in [0.2, 0.25) is 5.88 Å². The van der Waals surface area contributed by atoms with Crippen LogP contribution in [0.5, 0.6) is 11.6 Å². The number of halogens is 1. The number of fused-ring (bicyclic) bond motifs is 5. The smallest absolute Gasteiger partial charge is 0.411 e. The lowest BCUT2D eigenvalue weighted by atomic mass is 10.1. The molecule has 2 aliphatic heterocycles. The summed E-state index contributed by atoms with van der Waals surface area (Å²) in [5, 5.41) is 13.4. The van der Waals surface area contributed by atoms with Gasteiger partial charge in [-0.3, -0.25) is 9.69 Å². The molecular weight excluding hydrogens is 549 g/mol. The lowest BCUT2D eigenvalue weighted by molar-refractivity contribution is 0.0965. The van der Waals surface area contributed by atoms with Crippen LogP contribution in [0.4, 0.5) is 14.9 Å². The largest absolute Gasteiger partial charge is 0.485 e. The van der Waals surface area contributed by atoms with Gasteiger partial charge in [-0.25, -0.2) is 24.1 Å². The Balaban J connectivity index is 1.23. The van der Waals surface area contributed by atoms with E-state index in [0.29, 0.717) is 57.2 Å². The molecule has 12 heteroatoms. The van der Waals surface area contributed by atoms with Crippen molar-refractivity contribution in [2.24, 2.45) is 0 Å². The molecule has 0 radical (unpaired) electrons. The molecule has 0 bridgehead atoms. The Morgan fingerprint density at radius 3 is 2.88 bits per heavy atom. The first kappa shape index (κ1) is 25.1. The minimum atomic E-state index is -1.20. The first-order valence-electron chi connectivity index (χ1n) is 12.8. The zero-order valence-electron chi connectivity index (χ0n) is 21.9. The van der Waals surface area contributed by atoms with E-state index < -0.39 is 18.0 Å². The number of thiazole rings is 1. The molecule has 0 fully saturated rings. The highest BCUT2D eigenvalue weighted by Crippen LogP contribution is 2.43. The van der Waals surface area contributed by atoms with E-state index in [0.717, 1.165) is 26.3 Å². The van der Waals surface area contributed by atoms with E-state index in [1.165, 1.54) is 24.5 Å². The fourth-order valence-electron chi connectivity index (χ4n) is 5.42. The predicted molar refractivity (Wildman–Crippen MR) is 151 cm³/mol. The van der Waals surface area contributed by atoms with Crippen molar-refractivity contribution in [3.05, 3.63) is 70.7 Å². The minimum absolute atomic E-state index is 0.0447. The summed E-state index contributed by atoms with van der Waals surface area (Å²) in [7, 11) is 1.53. The summed E-state index contributed by atoms with van der Waals surface area (Å²) in [6.45, 7) is 2.32. The lowest BCUT2D eigenvalue weighted by Gasteiger charge is -2.23. The fraction of sp³-hybridized carbons (Fsp3) is 0.207. The molecule has 0 unspecified atom stereocenters. The van der Waals surface area contributed by atoms with Crippen LogP contribution in [-0.2, 0) is 13.0 Å². The Hall–Kier alpha value is -4.84. The molecule has 1 atom stereocenters. The summed E-state index contributed by atoms with van der Waals surface area (Å²) in [6, 6.07) is 10.2. The number of amides is 2. The number of aryl methyl sites for hydroxylation is 1. The third-order valence-electron chi connectivity index (χ3n) is 7.31. The van der Waals surface area contributed by atoms with Crippen molar-refractivity contribution >= 4 is 50.3 Å². The second-order valence-corrected chi connectivity index (χ2v) is 11.0. The van der Waals surface area contributed by atoms with Crippen LogP contribution < -0.4 is 19.7 Å². The molecule has 2 aromatic heterocycles. The van der Waals surface area contributed by atoms with Crippen molar-refractivity contribution in [1.29, 1.82) is 0 Å². The topological polar surface area (TPSA) is 127 Å². The number of nitrogens with zero attached hydrogens (tertiary/aromatic N) is 4. The van der Waals surface area contributed by atoms with Gasteiger partial charge in [-0.2, -0.15) is 0 Å². The van der Waals surface area contributed by atoms with Crippen LogP contribution in [0.1, 0.15) is 27.0 Å². The maximum Gasteiger partial charge on any atom is 0.411 e. The van der Waals surface area contributed by atoms with Crippen LogP contribution in [0.25, 0.3) is 31.8 Å². The molecule has 4 heterocycles. The molecule has 41 heavy (non-hydrogen) atoms. The summed E-state index contributed by atoms with van der Waals surface area (Å²) in [4.78, 5) is 39.3. The van der Waals surface area contributed by atoms with E-state index in [1.54, 1.807) is 24.4 Å². The van der Waals surface area contributed by atoms with Crippen molar-refractivity contribution in [3.8, 4) is 22.2 Å². The number of rotatable bonds is 5. The van der Waals surface area contributed by atoms with Gasteiger partial charge in [0.15, 0.2) is 11.6 Å². The quantitative estimate of drug-likeness (QED) is 0.299. The molecule has 0 aliphatic carbocycles. The van der Waals surface area contributed by atoms with Gasteiger partial charge in [0.05, 0.1) is 41.1 Å². The van der Waals surface area contributed by atoms with Gasteiger partial charge in [-0.05, 0) is 42.3 Å². The van der Waals surface area contributed by atoms with E-state index in [-0.39, 0.29) is 18.2 Å². The average molecular weight is 572 g/mol. The van der Waals surface area contributed by atoms with Crippen LogP contribution in [0.3, 0.4) is 0 Å². The first-order valence-corrected chi connectivity index (χ1v) is 13.6. The van der Waals surface area contributed by atoms with Crippen molar-refractivity contribution < 1.29 is 28.6 Å². The summed E-state index contributed by atoms with van der Waals surface area (Å²) >= 11 is 1.40. The molecule has 206 valence electrons. The van der Waals surface area contributed by atoms with Crippen LogP contribution in [0.2, 0.25) is 0 Å². The van der Waals surface area contributed by atoms with Gasteiger partial charge in [-0.15, -0.1) is 11.3 Å². The Bertz CT molecular complexity index is 1930. The molecule has 5 aromatic rings. The number of benzene rings is 3. The number of anilines is 1. The summed E-state index contributed by atoms with van der Waals surface area (Å²) < 4.78 is 27.2. The van der Waals surface area contributed by atoms with Gasteiger partial charge in [0, 0.05) is 41.4 Å². The standard InChI is InChI=1S/C29H22FN5O5S/c1-13-5-18(24-21(6-13)33-23(39-2)11-31-24)28-34-22-9-20(30)25-19(26(22)41-28)8-16(40-25)12-35(29(37)38)15-4-3-14-10-32-27(36)17(14)7-15/h3-7,9,11,16H,8,10,12H2,1-2H3,(H,32,36)(H,37,38)/t16-/m1/s1. The molecule has 0 saturated carbocycles. The Labute approximate surface area is 236 Å². The van der Waals surface area contributed by atoms with E-state index in [1.807, 2.05) is 19.1 Å². The number of aromatic nitrogens is 3. The fourth-order valence-corrected chi connectivity index (χ4v) is 6.53. The van der Waals surface area contributed by atoms with Crippen LogP contribution in [-0.4, -0.2) is 51.8 Å². The number of hydrogen-bond acceptors (Lipinski definition) is 8. The number of hydrogen-bond donors (Lipinski definition) is 2. The predicted octanol–water partition coefficient (Wildman–Crippen LogP) is 5.09. The van der Waals surface area contributed by atoms with Crippen molar-refractivity contribution in [1.82, 2.24) is 20.3 Å². The van der Waals surface area contributed by atoms with Crippen LogP contribution >= 0.6 is 11.3 Å². The number of ether oxygens (including phenoxy) is 2. The molecule has 3 aromatic carbocycles. The molecule has 2 aliphatic rings. The van der Waals surface area contributed by atoms with Gasteiger partial charge in [0.1, 0.15) is 11.1 Å². The second-order valence-electron chi connectivity index (χ2n) is 9.99. The highest BCUT2D eigenvalue weighted by Gasteiger charge is 2.33. The zero-order chi connectivity index (χ0) is 28.4. The molecule has 7 rings (SSSR count). The van der Waals surface area contributed by atoms with E-state index in [9.17, 15) is 14.7 Å². The first-order chi connectivity index (χ1) is 19.8. The maximum absolute atomic E-state index is 15.2. The second kappa shape index (κ2) is 9.37. The molecule has 0 saturated heterocycles. The average Bonchev–Trinajstić information content (AvgIpc) is 3.67. The monoisotopic (exact) mass is 571 g/mol. The van der Waals surface area contributed by atoms with Gasteiger partial charge < -0.3 is 19.9 Å². The zero-order valence-corrected chi connectivity index (χ0v) is 22.7. The number of nitrogens with one attached hydrogen (secondary N) is 1. The third-order valence-corrected chi connectivity index (χ3v) is 8.48. The van der Waals surface area contributed by atoms with Gasteiger partial charge in [-0.1, -0.05) is 6.07 Å². The van der Waals surface area contributed by atoms with E-state index >= 15 is 4.39 Å². The molecule has 2 N–H and O–H groups in total. The van der Waals surface area contributed by atoms with Crippen LogP contribution in [0.15, 0.2) is 42.6 Å². The maximum atomic E-state index is 15.2. The number of carbonyl (C=O) groups is 2. The summed E-state index contributed by atoms with van der Waals surface area (Å²) in [6.07, 6.45) is 0.0161. The highest BCUT2D eigenvalue weighted by atomic mass is 32.1. The third kappa shape index (κ3) is 4.18. The number of carboxylic acid groups (broad SMARTS) is 1. The molecule has 0 spiro atoms. The lowest BCUT2D eigenvalue weighted by Crippen LogP contribution is -2.38. The molecule has 2 amide bonds. The van der Waals surface area contributed by atoms with E-state index in [4.69, 9.17) is 14.5 Å². The normalized spacial score (nSPS) is 15.5. The van der Waals surface area contributed by atoms with E-state index in [2.05, 4.69) is 15.3 Å². The Morgan fingerprint density at radius 1 is 1.22 bits per heavy atom. The minimum Gasteiger partial charge on any atom is -0.485 e. The Morgan fingerprint density at radius 2 is 2.07 bits per heavy atom. The Kier molecular flexibility index (Phi) is 5.75. The number of methoxy groups -OCH3 is 1. The summed E-state index contributed by atoms with van der Waals surface area (Å²) in [5.74, 6) is -0.287. The van der Waals surface area contributed by atoms with Crippen molar-refractivity contribution in [2.75, 3.05) is 18.6 Å².